The van der Waals surface area contributed by atoms with Crippen LogP contribution in [0.5, 0.6) is 0 Å². The Kier molecular flexibility index (Phi) is 2.44. The van der Waals surface area contributed by atoms with Gasteiger partial charge in [0.2, 0.25) is 0 Å². The van der Waals surface area contributed by atoms with E-state index in [0.717, 1.165) is 0 Å². The molecule has 0 bridgehead atoms. The highest BCUT2D eigenvalue weighted by Crippen LogP contribution is 2.16. The quantitative estimate of drug-likeness (QED) is 0.553. The Bertz CT molecular complexity index is 129. The second-order valence-corrected chi connectivity index (χ2v) is 3.15. The summed E-state index contributed by atoms with van der Waals surface area (Å²) in [5.74, 6) is 0.828. The highest BCUT2D eigenvalue weighted by Gasteiger charge is 2.22. The topological polar surface area (TPSA) is 26.3 Å². The molecule has 0 saturated carbocycles. The Morgan fingerprint density at radius 2 is 2.30 bits per heavy atom. The van der Waals surface area contributed by atoms with Crippen molar-refractivity contribution in [2.45, 2.75) is 32.8 Å². The van der Waals surface area contributed by atoms with Crippen molar-refractivity contribution in [3.05, 3.63) is 0 Å². The van der Waals surface area contributed by atoms with Crippen molar-refractivity contribution in [1.82, 2.24) is 0 Å². The number of rotatable bonds is 1. The minimum absolute atomic E-state index is 0.182. The molecular weight excluding hydrogens is 128 g/mol. The van der Waals surface area contributed by atoms with Crippen LogP contribution in [0, 0.1) is 5.92 Å². The Hall–Kier alpha value is -0.370. The zero-order valence-electron chi connectivity index (χ0n) is 6.59. The summed E-state index contributed by atoms with van der Waals surface area (Å²) in [6.45, 7) is 4.80. The maximum absolute atomic E-state index is 10.9. The molecule has 0 aromatic rings. The first-order valence-electron chi connectivity index (χ1n) is 3.83. The van der Waals surface area contributed by atoms with Crippen molar-refractivity contribution in [1.29, 1.82) is 0 Å². The maximum atomic E-state index is 10.9. The monoisotopic (exact) mass is 142 g/mol. The number of carbonyl (C=O) groups excluding carboxylic acids is 1. The van der Waals surface area contributed by atoms with Crippen LogP contribution < -0.4 is 0 Å². The SMILES string of the molecule is CC(C)C1CC(=O)CCO1. The van der Waals surface area contributed by atoms with E-state index >= 15 is 0 Å². The van der Waals surface area contributed by atoms with E-state index in [9.17, 15) is 4.79 Å². The van der Waals surface area contributed by atoms with Crippen LogP contribution in [0.3, 0.4) is 0 Å². The van der Waals surface area contributed by atoms with E-state index in [1.807, 2.05) is 0 Å². The zero-order chi connectivity index (χ0) is 7.56. The van der Waals surface area contributed by atoms with Gasteiger partial charge in [-0.3, -0.25) is 4.79 Å². The van der Waals surface area contributed by atoms with Gasteiger partial charge < -0.3 is 4.74 Å². The Balaban J connectivity index is 2.39. The highest BCUT2D eigenvalue weighted by molar-refractivity contribution is 5.79. The van der Waals surface area contributed by atoms with E-state index in [2.05, 4.69) is 13.8 Å². The molecule has 1 fully saturated rings. The van der Waals surface area contributed by atoms with E-state index in [1.165, 1.54) is 0 Å². The summed E-state index contributed by atoms with van der Waals surface area (Å²) in [6.07, 6.45) is 1.42. The molecule has 0 aromatic carbocycles. The van der Waals surface area contributed by atoms with Gasteiger partial charge in [0, 0.05) is 12.8 Å². The second-order valence-electron chi connectivity index (χ2n) is 3.15. The van der Waals surface area contributed by atoms with Crippen LogP contribution in [0.15, 0.2) is 0 Å². The summed E-state index contributed by atoms with van der Waals surface area (Å²) >= 11 is 0. The van der Waals surface area contributed by atoms with Crippen LogP contribution in [0.25, 0.3) is 0 Å². The van der Waals surface area contributed by atoms with Crippen LogP contribution in [0.4, 0.5) is 0 Å². The fraction of sp³-hybridized carbons (Fsp3) is 0.875. The molecule has 2 heteroatoms. The molecule has 0 aliphatic carbocycles. The van der Waals surface area contributed by atoms with Gasteiger partial charge in [0.05, 0.1) is 12.7 Å². The van der Waals surface area contributed by atoms with Crippen molar-refractivity contribution in [3.63, 3.8) is 0 Å². The average molecular weight is 142 g/mol. The highest BCUT2D eigenvalue weighted by atomic mass is 16.5. The van der Waals surface area contributed by atoms with E-state index in [4.69, 9.17) is 4.74 Å². The maximum Gasteiger partial charge on any atom is 0.137 e. The van der Waals surface area contributed by atoms with Gasteiger partial charge in [-0.1, -0.05) is 13.8 Å². The van der Waals surface area contributed by atoms with Crippen LogP contribution in [-0.2, 0) is 9.53 Å². The fourth-order valence-corrected chi connectivity index (χ4v) is 1.14. The third kappa shape index (κ3) is 1.81. The Labute approximate surface area is 61.6 Å². The summed E-state index contributed by atoms with van der Waals surface area (Å²) in [5, 5.41) is 0. The molecule has 1 aliphatic heterocycles. The number of carbonyl (C=O) groups is 1. The summed E-state index contributed by atoms with van der Waals surface area (Å²) in [5.41, 5.74) is 0. The van der Waals surface area contributed by atoms with Gasteiger partial charge in [-0.15, -0.1) is 0 Å². The first-order chi connectivity index (χ1) is 4.70. The summed E-state index contributed by atoms with van der Waals surface area (Å²) in [7, 11) is 0. The van der Waals surface area contributed by atoms with Crippen molar-refractivity contribution in [3.8, 4) is 0 Å². The molecule has 1 saturated heterocycles. The normalized spacial score (nSPS) is 27.5. The summed E-state index contributed by atoms with van der Waals surface area (Å²) < 4.78 is 5.39. The van der Waals surface area contributed by atoms with Gasteiger partial charge in [-0.25, -0.2) is 0 Å². The molecule has 1 unspecified atom stereocenters. The number of hydrogen-bond acceptors (Lipinski definition) is 2. The lowest BCUT2D eigenvalue weighted by Crippen LogP contribution is -2.29. The van der Waals surface area contributed by atoms with Crippen LogP contribution in [-0.4, -0.2) is 18.5 Å². The molecule has 1 rings (SSSR count). The van der Waals surface area contributed by atoms with Gasteiger partial charge in [0.15, 0.2) is 0 Å². The molecule has 0 N–H and O–H groups in total. The lowest BCUT2D eigenvalue weighted by molar-refractivity contribution is -0.130. The molecule has 1 aliphatic rings. The average Bonchev–Trinajstić information content (AvgIpc) is 1.88. The van der Waals surface area contributed by atoms with Gasteiger partial charge in [0.25, 0.3) is 0 Å². The smallest absolute Gasteiger partial charge is 0.137 e. The zero-order valence-corrected chi connectivity index (χ0v) is 6.59. The lowest BCUT2D eigenvalue weighted by atomic mass is 9.98. The minimum Gasteiger partial charge on any atom is -0.377 e. The lowest BCUT2D eigenvalue weighted by Gasteiger charge is -2.24. The molecule has 1 atom stereocenters. The van der Waals surface area contributed by atoms with E-state index in [0.29, 0.717) is 31.1 Å². The van der Waals surface area contributed by atoms with Crippen LogP contribution >= 0.6 is 0 Å². The largest absolute Gasteiger partial charge is 0.377 e. The molecule has 58 valence electrons. The summed E-state index contributed by atoms with van der Waals surface area (Å²) in [6, 6.07) is 0. The Morgan fingerprint density at radius 1 is 1.60 bits per heavy atom. The van der Waals surface area contributed by atoms with Gasteiger partial charge in [-0.2, -0.15) is 0 Å². The fourth-order valence-electron chi connectivity index (χ4n) is 1.14. The first kappa shape index (κ1) is 7.73. The van der Waals surface area contributed by atoms with Crippen molar-refractivity contribution >= 4 is 5.78 Å². The van der Waals surface area contributed by atoms with Crippen molar-refractivity contribution in [2.75, 3.05) is 6.61 Å². The number of ether oxygens (including phenoxy) is 1. The molecule has 0 spiro atoms. The molecule has 0 aromatic heterocycles. The molecule has 1 heterocycles. The van der Waals surface area contributed by atoms with E-state index in [1.54, 1.807) is 0 Å². The Morgan fingerprint density at radius 3 is 2.70 bits per heavy atom. The number of hydrogen-bond donors (Lipinski definition) is 0. The minimum atomic E-state index is 0.182. The predicted molar refractivity (Wildman–Crippen MR) is 38.8 cm³/mol. The predicted octanol–water partition coefficient (Wildman–Crippen LogP) is 1.39. The number of Topliss-reactive ketones (excluding diaryl/α,β-unsaturated/α-hetero) is 1. The molecule has 2 nitrogen and oxygen atoms in total. The summed E-state index contributed by atoms with van der Waals surface area (Å²) in [4.78, 5) is 10.9. The van der Waals surface area contributed by atoms with Gasteiger partial charge in [0.1, 0.15) is 5.78 Å². The van der Waals surface area contributed by atoms with Crippen LogP contribution in [0.1, 0.15) is 26.7 Å². The van der Waals surface area contributed by atoms with Crippen LogP contribution in [0.2, 0.25) is 0 Å². The van der Waals surface area contributed by atoms with Crippen molar-refractivity contribution < 1.29 is 9.53 Å². The first-order valence-corrected chi connectivity index (χ1v) is 3.83. The van der Waals surface area contributed by atoms with Crippen molar-refractivity contribution in [2.24, 2.45) is 5.92 Å². The third-order valence-electron chi connectivity index (χ3n) is 1.89. The van der Waals surface area contributed by atoms with Gasteiger partial charge >= 0.3 is 0 Å². The third-order valence-corrected chi connectivity index (χ3v) is 1.89. The molecular formula is C8H14O2. The standard InChI is InChI=1S/C8H14O2/c1-6(2)8-5-7(9)3-4-10-8/h6,8H,3-5H2,1-2H3. The molecule has 10 heavy (non-hydrogen) atoms. The molecule has 0 radical (unpaired) electrons. The molecule has 0 amide bonds. The van der Waals surface area contributed by atoms with Gasteiger partial charge in [-0.05, 0) is 5.92 Å². The second kappa shape index (κ2) is 3.15. The van der Waals surface area contributed by atoms with E-state index in [-0.39, 0.29) is 6.10 Å². The number of ketones is 1. The van der Waals surface area contributed by atoms with E-state index < -0.39 is 0 Å².